The van der Waals surface area contributed by atoms with E-state index in [1.54, 1.807) is 0 Å². The summed E-state index contributed by atoms with van der Waals surface area (Å²) in [6.45, 7) is 3.64. The molecule has 1 aliphatic rings. The van der Waals surface area contributed by atoms with Crippen molar-refractivity contribution in [2.75, 3.05) is 12.4 Å². The molecule has 2 aromatic rings. The molecule has 130 valence electrons. The van der Waals surface area contributed by atoms with Crippen LogP contribution in [0.5, 0.6) is 5.75 Å². The summed E-state index contributed by atoms with van der Waals surface area (Å²) in [6.07, 6.45) is 2.86. The van der Waals surface area contributed by atoms with Crippen molar-refractivity contribution < 1.29 is 10.1 Å². The number of halogens is 2. The van der Waals surface area contributed by atoms with Gasteiger partial charge in [-0.15, -0.1) is 11.6 Å². The average molecular weight is 375 g/mol. The quantitative estimate of drug-likeness (QED) is 0.767. The van der Waals surface area contributed by atoms with Crippen LogP contribution in [-0.2, 0) is 13.0 Å². The van der Waals surface area contributed by atoms with Crippen LogP contribution in [-0.4, -0.2) is 12.4 Å². The van der Waals surface area contributed by atoms with E-state index < -0.39 is 0 Å². The fraction of sp³-hybridized carbons (Fsp3) is 0.238. The highest BCUT2D eigenvalue weighted by Crippen LogP contribution is 2.28. The number of rotatable bonds is 5. The lowest BCUT2D eigenvalue weighted by molar-refractivity contribution is -0.565. The largest absolute Gasteiger partial charge is 0.489 e. The number of ether oxygens (including phenoxy) is 1. The number of fused-ring (bicyclic) bond motifs is 1. The minimum absolute atomic E-state index is 0.419. The zero-order valence-electron chi connectivity index (χ0n) is 14.3. The third-order valence-electron chi connectivity index (χ3n) is 4.40. The molecule has 25 heavy (non-hydrogen) atoms. The van der Waals surface area contributed by atoms with Gasteiger partial charge in [0.2, 0.25) is 0 Å². The van der Waals surface area contributed by atoms with E-state index in [-0.39, 0.29) is 0 Å². The van der Waals surface area contributed by atoms with E-state index in [2.05, 4.69) is 29.6 Å². The Balaban J connectivity index is 1.83. The fourth-order valence-corrected chi connectivity index (χ4v) is 3.47. The average Bonchev–Trinajstić information content (AvgIpc) is 2.66. The Hall–Kier alpha value is -1.74. The van der Waals surface area contributed by atoms with Crippen LogP contribution in [0.15, 0.2) is 65.2 Å². The number of allylic oxidation sites excluding steroid dienone is 3. The Morgan fingerprint density at radius 2 is 2.00 bits per heavy atom. The van der Waals surface area contributed by atoms with Crippen LogP contribution in [0.3, 0.4) is 0 Å². The van der Waals surface area contributed by atoms with Gasteiger partial charge in [0.05, 0.1) is 6.54 Å². The summed E-state index contributed by atoms with van der Waals surface area (Å²) in [4.78, 5) is 0. The number of alkyl halides is 1. The second-order valence-electron chi connectivity index (χ2n) is 6.08. The number of benzene rings is 2. The van der Waals surface area contributed by atoms with Crippen LogP contribution < -0.4 is 10.1 Å². The van der Waals surface area contributed by atoms with Gasteiger partial charge < -0.3 is 10.1 Å². The van der Waals surface area contributed by atoms with Crippen molar-refractivity contribution in [1.82, 2.24) is 0 Å². The van der Waals surface area contributed by atoms with E-state index >= 15 is 0 Å². The van der Waals surface area contributed by atoms with Crippen LogP contribution in [0.4, 0.5) is 0 Å². The van der Waals surface area contributed by atoms with Gasteiger partial charge in [0.15, 0.2) is 0 Å². The first-order chi connectivity index (χ1) is 12.2. The molecular weight excluding hydrogens is 353 g/mol. The normalized spacial score (nSPS) is 16.4. The topological polar surface area (TPSA) is 25.8 Å². The molecule has 0 radical (unpaired) electrons. The molecular formula is C21H22Cl2NO+. The highest BCUT2D eigenvalue weighted by molar-refractivity contribution is 6.33. The summed E-state index contributed by atoms with van der Waals surface area (Å²) in [6, 6.07) is 16.5. The summed E-state index contributed by atoms with van der Waals surface area (Å²) in [5, 5.41) is 2.98. The molecule has 2 N–H and O–H groups in total. The van der Waals surface area contributed by atoms with E-state index in [1.807, 2.05) is 37.3 Å². The fourth-order valence-electron chi connectivity index (χ4n) is 3.06. The first-order valence-electron chi connectivity index (χ1n) is 8.45. The number of quaternary nitrogens is 1. The molecule has 0 bridgehead atoms. The Morgan fingerprint density at radius 3 is 2.76 bits per heavy atom. The van der Waals surface area contributed by atoms with Crippen LogP contribution >= 0.6 is 23.2 Å². The zero-order valence-corrected chi connectivity index (χ0v) is 15.8. The molecule has 0 aromatic heterocycles. The minimum atomic E-state index is 0.419. The minimum Gasteiger partial charge on any atom is -0.489 e. The summed E-state index contributed by atoms with van der Waals surface area (Å²) < 4.78 is 5.96. The first-order valence-corrected chi connectivity index (χ1v) is 9.36. The Morgan fingerprint density at radius 1 is 1.20 bits per heavy atom. The molecule has 0 saturated heterocycles. The van der Waals surface area contributed by atoms with Crippen LogP contribution in [0.2, 0.25) is 0 Å². The molecule has 0 spiro atoms. The van der Waals surface area contributed by atoms with E-state index in [0.717, 1.165) is 29.3 Å². The summed E-state index contributed by atoms with van der Waals surface area (Å²) >= 11 is 12.1. The van der Waals surface area contributed by atoms with E-state index in [9.17, 15) is 0 Å². The van der Waals surface area contributed by atoms with Crippen molar-refractivity contribution >= 4 is 28.9 Å². The Labute approximate surface area is 159 Å². The van der Waals surface area contributed by atoms with Gasteiger partial charge in [0.1, 0.15) is 18.1 Å². The predicted octanol–water partition coefficient (Wildman–Crippen LogP) is 4.48. The van der Waals surface area contributed by atoms with E-state index in [1.165, 1.54) is 22.4 Å². The Bertz CT molecular complexity index is 797. The predicted molar refractivity (Wildman–Crippen MR) is 105 cm³/mol. The molecule has 0 unspecified atom stereocenters. The van der Waals surface area contributed by atoms with Gasteiger partial charge in [-0.2, -0.15) is 0 Å². The highest BCUT2D eigenvalue weighted by atomic mass is 35.5. The maximum Gasteiger partial charge on any atom is 0.141 e. The summed E-state index contributed by atoms with van der Waals surface area (Å²) in [5.74, 6) is 1.33. The third kappa shape index (κ3) is 4.46. The van der Waals surface area contributed by atoms with Crippen molar-refractivity contribution in [1.29, 1.82) is 0 Å². The number of nitrogens with two attached hydrogens (primary N) is 1. The van der Waals surface area contributed by atoms with Crippen molar-refractivity contribution in [2.45, 2.75) is 20.0 Å². The summed E-state index contributed by atoms with van der Waals surface area (Å²) in [7, 11) is 0. The molecule has 4 heteroatoms. The molecule has 2 nitrogen and oxygen atoms in total. The maximum absolute atomic E-state index is 6.35. The number of hydrogen-bond donors (Lipinski definition) is 1. The number of hydrogen-bond acceptors (Lipinski definition) is 1. The van der Waals surface area contributed by atoms with Gasteiger partial charge in [-0.05, 0) is 36.2 Å². The lowest BCUT2D eigenvalue weighted by Crippen LogP contribution is -2.83. The second-order valence-corrected chi connectivity index (χ2v) is 6.80. The maximum atomic E-state index is 6.35. The molecule has 3 rings (SSSR count). The van der Waals surface area contributed by atoms with Crippen LogP contribution in [0, 0.1) is 0 Å². The SMILES string of the molecule is CC(=C1/[NH2+]CCc2cc(OCc3ccccc3)ccc21)/C(Cl)=C\CCl. The molecule has 0 aliphatic carbocycles. The standard InChI is InChI=1S/C21H21Cl2NO/c1-15(20(23)9-11-22)21-19-8-7-18(13-17(19)10-12-24-21)25-14-16-5-3-2-4-6-16/h2-9,13,24H,10-12,14H2,1H3/p+1/b20-9+,21-15-. The molecule has 1 aliphatic heterocycles. The molecule has 2 aromatic carbocycles. The van der Waals surface area contributed by atoms with Gasteiger partial charge >= 0.3 is 0 Å². The first kappa shape index (κ1) is 18.1. The molecule has 0 saturated carbocycles. The molecule has 0 fully saturated rings. The zero-order chi connectivity index (χ0) is 17.6. The summed E-state index contributed by atoms with van der Waals surface area (Å²) in [5.41, 5.74) is 5.97. The third-order valence-corrected chi connectivity index (χ3v) is 4.99. The van der Waals surface area contributed by atoms with E-state index in [4.69, 9.17) is 27.9 Å². The van der Waals surface area contributed by atoms with Crippen LogP contribution in [0.1, 0.15) is 23.6 Å². The monoisotopic (exact) mass is 374 g/mol. The molecule has 0 amide bonds. The van der Waals surface area contributed by atoms with E-state index in [0.29, 0.717) is 12.5 Å². The lowest BCUT2D eigenvalue weighted by atomic mass is 9.95. The smallest absolute Gasteiger partial charge is 0.141 e. The highest BCUT2D eigenvalue weighted by Gasteiger charge is 2.21. The molecule has 0 atom stereocenters. The molecule has 1 heterocycles. The van der Waals surface area contributed by atoms with Crippen molar-refractivity contribution in [3.63, 3.8) is 0 Å². The lowest BCUT2D eigenvalue weighted by Gasteiger charge is -2.20. The van der Waals surface area contributed by atoms with Gasteiger partial charge in [0, 0.05) is 28.5 Å². The van der Waals surface area contributed by atoms with Crippen LogP contribution in [0.25, 0.3) is 5.70 Å². The Kier molecular flexibility index (Phi) is 6.19. The van der Waals surface area contributed by atoms with Crippen molar-refractivity contribution in [2.24, 2.45) is 0 Å². The van der Waals surface area contributed by atoms with Gasteiger partial charge in [-0.25, -0.2) is 0 Å². The van der Waals surface area contributed by atoms with Gasteiger partial charge in [0.25, 0.3) is 0 Å². The second kappa shape index (κ2) is 8.57. The van der Waals surface area contributed by atoms with Gasteiger partial charge in [-0.3, -0.25) is 0 Å². The van der Waals surface area contributed by atoms with Crippen molar-refractivity contribution in [3.8, 4) is 5.75 Å². The van der Waals surface area contributed by atoms with Crippen molar-refractivity contribution in [3.05, 3.63) is 81.9 Å². The van der Waals surface area contributed by atoms with Gasteiger partial charge in [-0.1, -0.05) is 48.0 Å².